The zero-order chi connectivity index (χ0) is 27.4. The first-order valence-electron chi connectivity index (χ1n) is 14.0. The van der Waals surface area contributed by atoms with Crippen LogP contribution in [0.15, 0.2) is 36.9 Å². The van der Waals surface area contributed by atoms with Crippen LogP contribution in [0.25, 0.3) is 0 Å². The predicted molar refractivity (Wildman–Crippen MR) is 152 cm³/mol. The number of aryl methyl sites for hydroxylation is 1. The fraction of sp³-hybridized carbons (Fsp3) is 0.533. The zero-order valence-corrected chi connectivity index (χ0v) is 23.2. The van der Waals surface area contributed by atoms with E-state index >= 15 is 0 Å². The summed E-state index contributed by atoms with van der Waals surface area (Å²) in [7, 11) is 4.03. The molecule has 3 heterocycles. The van der Waals surface area contributed by atoms with Gasteiger partial charge in [-0.1, -0.05) is 24.8 Å². The number of nitriles is 1. The number of nitrogens with zero attached hydrogens (tertiary/aromatic N) is 7. The summed E-state index contributed by atoms with van der Waals surface area (Å²) in [5, 5.41) is 9.46. The molecule has 0 bridgehead atoms. The molecule has 2 atom stereocenters. The molecular formula is C30H39N7O2. The van der Waals surface area contributed by atoms with Gasteiger partial charge in [0.1, 0.15) is 12.4 Å². The van der Waals surface area contributed by atoms with Gasteiger partial charge in [-0.05, 0) is 57.5 Å². The summed E-state index contributed by atoms with van der Waals surface area (Å²) in [5.41, 5.74) is 5.02. The molecule has 0 N–H and O–H groups in total. The summed E-state index contributed by atoms with van der Waals surface area (Å²) in [6.07, 6.45) is 6.68. The molecule has 2 unspecified atom stereocenters. The first kappa shape index (κ1) is 26.9. The third-order valence-electron chi connectivity index (χ3n) is 8.13. The maximum Gasteiger partial charge on any atom is 0.318 e. The van der Waals surface area contributed by atoms with Crippen LogP contribution in [-0.4, -0.2) is 91.2 Å². The number of fused-ring (bicyclic) bond motifs is 2. The lowest BCUT2D eigenvalue weighted by Crippen LogP contribution is -2.55. The molecule has 1 saturated heterocycles. The summed E-state index contributed by atoms with van der Waals surface area (Å²) < 4.78 is 6.07. The molecule has 3 aliphatic rings. The Balaban J connectivity index is 1.44. The summed E-state index contributed by atoms with van der Waals surface area (Å²) in [4.78, 5) is 31.0. The van der Waals surface area contributed by atoms with Crippen molar-refractivity contribution in [2.24, 2.45) is 0 Å². The average Bonchev–Trinajstić information content (AvgIpc) is 2.95. The normalized spacial score (nSPS) is 20.7. The van der Waals surface area contributed by atoms with Gasteiger partial charge >= 0.3 is 6.01 Å². The van der Waals surface area contributed by atoms with Gasteiger partial charge in [-0.2, -0.15) is 15.2 Å². The second kappa shape index (κ2) is 12.0. The number of carbonyl (C=O) groups is 1. The number of rotatable bonds is 8. The number of likely N-dealkylation sites (N-methyl/N-ethyl adjacent to an activating group) is 1. The van der Waals surface area contributed by atoms with Gasteiger partial charge in [0, 0.05) is 56.4 Å². The molecule has 1 amide bonds. The maximum absolute atomic E-state index is 12.5. The molecule has 9 nitrogen and oxygen atoms in total. The summed E-state index contributed by atoms with van der Waals surface area (Å²) >= 11 is 0. The second-order valence-corrected chi connectivity index (χ2v) is 10.9. The molecule has 1 aromatic carbocycles. The van der Waals surface area contributed by atoms with Crippen molar-refractivity contribution >= 4 is 17.4 Å². The first-order chi connectivity index (χ1) is 19.0. The molecule has 0 radical (unpaired) electrons. The molecule has 39 heavy (non-hydrogen) atoms. The zero-order valence-electron chi connectivity index (χ0n) is 23.2. The van der Waals surface area contributed by atoms with Crippen molar-refractivity contribution in [1.29, 1.82) is 5.26 Å². The van der Waals surface area contributed by atoms with Gasteiger partial charge in [-0.25, -0.2) is 0 Å². The molecular weight excluding hydrogens is 490 g/mol. The molecule has 0 saturated carbocycles. The molecule has 1 aromatic heterocycles. The number of anilines is 2. The quantitative estimate of drug-likeness (QED) is 0.483. The molecule has 2 aliphatic heterocycles. The summed E-state index contributed by atoms with van der Waals surface area (Å²) in [6, 6.07) is 11.6. The highest BCUT2D eigenvalue weighted by Gasteiger charge is 2.35. The van der Waals surface area contributed by atoms with Gasteiger partial charge < -0.3 is 24.3 Å². The first-order valence-corrected chi connectivity index (χ1v) is 14.0. The van der Waals surface area contributed by atoms with Gasteiger partial charge in [0.25, 0.3) is 0 Å². The van der Waals surface area contributed by atoms with Crippen LogP contribution in [0.2, 0.25) is 0 Å². The van der Waals surface area contributed by atoms with E-state index in [2.05, 4.69) is 51.6 Å². The minimum atomic E-state index is -0.209. The number of amides is 1. The van der Waals surface area contributed by atoms with Crippen LogP contribution in [0.3, 0.4) is 0 Å². The lowest BCUT2D eigenvalue weighted by molar-refractivity contribution is -0.128. The minimum Gasteiger partial charge on any atom is -0.462 e. The van der Waals surface area contributed by atoms with Gasteiger partial charge in [0.15, 0.2) is 0 Å². The van der Waals surface area contributed by atoms with Crippen LogP contribution < -0.4 is 14.5 Å². The van der Waals surface area contributed by atoms with Crippen LogP contribution in [-0.2, 0) is 24.1 Å². The number of hydrogen-bond acceptors (Lipinski definition) is 8. The smallest absolute Gasteiger partial charge is 0.318 e. The second-order valence-electron chi connectivity index (χ2n) is 10.9. The van der Waals surface area contributed by atoms with Crippen molar-refractivity contribution in [2.75, 3.05) is 63.2 Å². The van der Waals surface area contributed by atoms with Crippen LogP contribution in [0.1, 0.15) is 36.1 Å². The minimum absolute atomic E-state index is 0.128. The van der Waals surface area contributed by atoms with E-state index in [0.717, 1.165) is 50.3 Å². The number of para-hydroxylation sites is 1. The van der Waals surface area contributed by atoms with Crippen molar-refractivity contribution < 1.29 is 9.53 Å². The molecule has 1 fully saturated rings. The van der Waals surface area contributed by atoms with E-state index < -0.39 is 0 Å². The standard InChI is InChI=1S/C30H39N7O2/c1-4-28(38)37-17-16-35(21-24(37)13-14-31)29-25-12-11-23(36-15-7-9-22-8-5-6-10-27(22)36)20-26(25)32-30(33-29)39-19-18-34(2)3/h4-6,8,10,23-24H,1,7,9,11-13,15-21H2,2-3H3. The highest BCUT2D eigenvalue weighted by atomic mass is 16.5. The van der Waals surface area contributed by atoms with Crippen LogP contribution in [0.5, 0.6) is 6.01 Å². The Bertz CT molecular complexity index is 1240. The Morgan fingerprint density at radius 3 is 2.87 bits per heavy atom. The fourth-order valence-electron chi connectivity index (χ4n) is 6.14. The van der Waals surface area contributed by atoms with Crippen molar-refractivity contribution in [2.45, 2.75) is 50.6 Å². The topological polar surface area (TPSA) is 88.8 Å². The average molecular weight is 530 g/mol. The SMILES string of the molecule is C=CC(=O)N1CCN(c2nc(OCCN(C)C)nc3c2CCC(N2CCCc4ccccc42)C3)CC1CC#N. The number of benzene rings is 1. The Kier molecular flexibility index (Phi) is 8.32. The number of ether oxygens (including phenoxy) is 1. The molecule has 9 heteroatoms. The summed E-state index contributed by atoms with van der Waals surface area (Å²) in [6.45, 7) is 7.71. The van der Waals surface area contributed by atoms with Crippen molar-refractivity contribution in [1.82, 2.24) is 19.8 Å². The lowest BCUT2D eigenvalue weighted by atomic mass is 9.88. The predicted octanol–water partition coefficient (Wildman–Crippen LogP) is 2.84. The number of carbonyl (C=O) groups excluding carboxylic acids is 1. The van der Waals surface area contributed by atoms with Gasteiger partial charge in [0.05, 0.1) is 24.2 Å². The van der Waals surface area contributed by atoms with E-state index in [-0.39, 0.29) is 18.4 Å². The molecule has 206 valence electrons. The van der Waals surface area contributed by atoms with E-state index in [1.165, 1.54) is 29.3 Å². The number of aromatic nitrogens is 2. The van der Waals surface area contributed by atoms with Gasteiger partial charge in [-0.3, -0.25) is 4.79 Å². The van der Waals surface area contributed by atoms with E-state index in [1.807, 2.05) is 14.1 Å². The van der Waals surface area contributed by atoms with Crippen LogP contribution in [0, 0.1) is 11.3 Å². The monoisotopic (exact) mass is 529 g/mol. The van der Waals surface area contributed by atoms with Crippen LogP contribution >= 0.6 is 0 Å². The summed E-state index contributed by atoms with van der Waals surface area (Å²) in [5.74, 6) is 0.767. The molecule has 5 rings (SSSR count). The molecule has 2 aromatic rings. The van der Waals surface area contributed by atoms with E-state index in [0.29, 0.717) is 38.3 Å². The highest BCUT2D eigenvalue weighted by Crippen LogP contribution is 2.36. The van der Waals surface area contributed by atoms with E-state index in [1.54, 1.807) is 4.90 Å². The number of piperazine rings is 1. The van der Waals surface area contributed by atoms with Crippen LogP contribution in [0.4, 0.5) is 11.5 Å². The Labute approximate surface area is 231 Å². The lowest BCUT2D eigenvalue weighted by Gasteiger charge is -2.43. The molecule has 1 aliphatic carbocycles. The Hall–Kier alpha value is -3.64. The Morgan fingerprint density at radius 2 is 2.08 bits per heavy atom. The van der Waals surface area contributed by atoms with E-state index in [9.17, 15) is 10.1 Å². The maximum atomic E-state index is 12.5. The third kappa shape index (κ3) is 5.86. The largest absolute Gasteiger partial charge is 0.462 e. The fourth-order valence-corrected chi connectivity index (χ4v) is 6.14. The van der Waals surface area contributed by atoms with Gasteiger partial charge in [0.2, 0.25) is 5.91 Å². The van der Waals surface area contributed by atoms with Crippen molar-refractivity contribution in [3.05, 3.63) is 53.7 Å². The van der Waals surface area contributed by atoms with Crippen molar-refractivity contribution in [3.63, 3.8) is 0 Å². The van der Waals surface area contributed by atoms with Crippen molar-refractivity contribution in [3.8, 4) is 12.1 Å². The number of hydrogen-bond donors (Lipinski definition) is 0. The van der Waals surface area contributed by atoms with E-state index in [4.69, 9.17) is 14.7 Å². The highest BCUT2D eigenvalue weighted by molar-refractivity contribution is 5.87. The Morgan fingerprint density at radius 1 is 1.23 bits per heavy atom. The molecule has 0 spiro atoms. The third-order valence-corrected chi connectivity index (χ3v) is 8.13. The van der Waals surface area contributed by atoms with Gasteiger partial charge in [-0.15, -0.1) is 0 Å².